The Labute approximate surface area is 180 Å². The summed E-state index contributed by atoms with van der Waals surface area (Å²) in [6, 6.07) is 15.3. The van der Waals surface area contributed by atoms with Crippen LogP contribution in [-0.2, 0) is 6.54 Å². The number of aryl methyl sites for hydroxylation is 3. The van der Waals surface area contributed by atoms with Crippen molar-refractivity contribution in [1.29, 1.82) is 0 Å². The summed E-state index contributed by atoms with van der Waals surface area (Å²) < 4.78 is 8.49. The molecule has 1 fully saturated rings. The third kappa shape index (κ3) is 4.86. The Morgan fingerprint density at radius 1 is 0.967 bits per heavy atom. The highest BCUT2D eigenvalue weighted by molar-refractivity contribution is 5.76. The monoisotopic (exact) mass is 405 g/mol. The average Bonchev–Trinajstić information content (AvgIpc) is 2.89. The van der Waals surface area contributed by atoms with E-state index >= 15 is 0 Å². The molecule has 0 saturated carbocycles. The number of rotatable bonds is 7. The van der Waals surface area contributed by atoms with E-state index in [4.69, 9.17) is 9.72 Å². The Kier molecular flexibility index (Phi) is 6.73. The number of nitrogens with zero attached hydrogens (tertiary/aromatic N) is 3. The van der Waals surface area contributed by atoms with Crippen molar-refractivity contribution in [1.82, 2.24) is 14.5 Å². The standard InChI is InChI=1S/C26H35N3O/c1-20-17-21(2)19-23(18-20)30-16-10-15-29-25-12-7-6-11-24(25)27-26(29)22(3)28-13-8-4-5-9-14-28/h6-7,11-12,17-19,22H,4-5,8-10,13-16H2,1-3H3. The molecule has 4 nitrogen and oxygen atoms in total. The molecule has 30 heavy (non-hydrogen) atoms. The van der Waals surface area contributed by atoms with Crippen LogP contribution in [0.25, 0.3) is 11.0 Å². The molecule has 0 spiro atoms. The van der Waals surface area contributed by atoms with E-state index in [0.717, 1.165) is 24.2 Å². The maximum absolute atomic E-state index is 6.07. The van der Waals surface area contributed by atoms with Crippen LogP contribution < -0.4 is 4.74 Å². The molecule has 1 aromatic heterocycles. The van der Waals surface area contributed by atoms with Gasteiger partial charge in [0.25, 0.3) is 0 Å². The fraction of sp³-hybridized carbons (Fsp3) is 0.500. The molecule has 2 aromatic carbocycles. The highest BCUT2D eigenvalue weighted by Crippen LogP contribution is 2.27. The Hall–Kier alpha value is -2.33. The normalized spacial score (nSPS) is 16.5. The van der Waals surface area contributed by atoms with E-state index in [-0.39, 0.29) is 0 Å². The van der Waals surface area contributed by atoms with Gasteiger partial charge in [0.2, 0.25) is 0 Å². The zero-order valence-corrected chi connectivity index (χ0v) is 18.7. The summed E-state index contributed by atoms with van der Waals surface area (Å²) in [5.74, 6) is 2.17. The summed E-state index contributed by atoms with van der Waals surface area (Å²) in [6.45, 7) is 10.6. The van der Waals surface area contributed by atoms with Gasteiger partial charge < -0.3 is 9.30 Å². The summed E-state index contributed by atoms with van der Waals surface area (Å²) in [5, 5.41) is 0. The Balaban J connectivity index is 1.48. The van der Waals surface area contributed by atoms with Crippen LogP contribution in [0.4, 0.5) is 0 Å². The van der Waals surface area contributed by atoms with E-state index < -0.39 is 0 Å². The number of fused-ring (bicyclic) bond motifs is 1. The topological polar surface area (TPSA) is 30.3 Å². The number of ether oxygens (including phenoxy) is 1. The highest BCUT2D eigenvalue weighted by atomic mass is 16.5. The molecule has 1 aliphatic rings. The van der Waals surface area contributed by atoms with Crippen LogP contribution in [0.2, 0.25) is 0 Å². The molecule has 0 bridgehead atoms. The average molecular weight is 406 g/mol. The van der Waals surface area contributed by atoms with Gasteiger partial charge in [-0.15, -0.1) is 0 Å². The van der Waals surface area contributed by atoms with Gasteiger partial charge in [-0.1, -0.05) is 31.0 Å². The van der Waals surface area contributed by atoms with Crippen LogP contribution in [0.15, 0.2) is 42.5 Å². The molecule has 1 atom stereocenters. The van der Waals surface area contributed by atoms with Crippen LogP contribution >= 0.6 is 0 Å². The molecule has 160 valence electrons. The van der Waals surface area contributed by atoms with Gasteiger partial charge in [-0.25, -0.2) is 4.98 Å². The van der Waals surface area contributed by atoms with E-state index in [1.54, 1.807) is 0 Å². The minimum Gasteiger partial charge on any atom is -0.494 e. The predicted octanol–water partition coefficient (Wildman–Crippen LogP) is 6.06. The first-order valence-corrected chi connectivity index (χ1v) is 11.5. The summed E-state index contributed by atoms with van der Waals surface area (Å²) in [7, 11) is 0. The van der Waals surface area contributed by atoms with Gasteiger partial charge in [0.05, 0.1) is 23.7 Å². The van der Waals surface area contributed by atoms with Crippen LogP contribution in [-0.4, -0.2) is 34.1 Å². The summed E-state index contributed by atoms with van der Waals surface area (Å²) >= 11 is 0. The quantitative estimate of drug-likeness (QED) is 0.448. The lowest BCUT2D eigenvalue weighted by atomic mass is 10.1. The van der Waals surface area contributed by atoms with Gasteiger partial charge >= 0.3 is 0 Å². The molecule has 1 saturated heterocycles. The molecule has 1 aliphatic heterocycles. The van der Waals surface area contributed by atoms with Crippen molar-refractivity contribution in [2.45, 2.75) is 65.5 Å². The third-order valence-corrected chi connectivity index (χ3v) is 6.24. The van der Waals surface area contributed by atoms with Crippen molar-refractivity contribution in [3.63, 3.8) is 0 Å². The Bertz CT molecular complexity index is 949. The van der Waals surface area contributed by atoms with Crippen LogP contribution in [0.5, 0.6) is 5.75 Å². The number of hydrogen-bond acceptors (Lipinski definition) is 3. The molecule has 4 heteroatoms. The molecule has 1 unspecified atom stereocenters. The lowest BCUT2D eigenvalue weighted by Gasteiger charge is -2.27. The third-order valence-electron chi connectivity index (χ3n) is 6.24. The number of aromatic nitrogens is 2. The van der Waals surface area contributed by atoms with E-state index in [2.05, 4.69) is 72.7 Å². The minimum atomic E-state index is 0.343. The van der Waals surface area contributed by atoms with Gasteiger partial charge in [0, 0.05) is 6.54 Å². The second kappa shape index (κ2) is 9.65. The molecular weight excluding hydrogens is 370 g/mol. The first-order valence-electron chi connectivity index (χ1n) is 11.5. The summed E-state index contributed by atoms with van der Waals surface area (Å²) in [5.41, 5.74) is 4.84. The molecule has 0 N–H and O–H groups in total. The Morgan fingerprint density at radius 2 is 1.67 bits per heavy atom. The summed E-state index contributed by atoms with van der Waals surface area (Å²) in [6.07, 6.45) is 6.28. The van der Waals surface area contributed by atoms with Crippen molar-refractivity contribution in [3.8, 4) is 5.75 Å². The van der Waals surface area contributed by atoms with Gasteiger partial charge in [-0.05, 0) is 88.5 Å². The smallest absolute Gasteiger partial charge is 0.127 e. The molecule has 4 rings (SSSR count). The zero-order valence-electron chi connectivity index (χ0n) is 18.7. The van der Waals surface area contributed by atoms with E-state index in [1.807, 2.05) is 0 Å². The molecular formula is C26H35N3O. The number of likely N-dealkylation sites (tertiary alicyclic amines) is 1. The van der Waals surface area contributed by atoms with E-state index in [9.17, 15) is 0 Å². The predicted molar refractivity (Wildman–Crippen MR) is 124 cm³/mol. The number of hydrogen-bond donors (Lipinski definition) is 0. The van der Waals surface area contributed by atoms with Crippen LogP contribution in [0.3, 0.4) is 0 Å². The molecule has 3 aromatic rings. The maximum atomic E-state index is 6.07. The van der Waals surface area contributed by atoms with Crippen molar-refractivity contribution < 1.29 is 4.74 Å². The largest absolute Gasteiger partial charge is 0.494 e. The van der Waals surface area contributed by atoms with Crippen LogP contribution in [0.1, 0.15) is 62.0 Å². The minimum absolute atomic E-state index is 0.343. The number of para-hydroxylation sites is 2. The Morgan fingerprint density at radius 3 is 2.40 bits per heavy atom. The lowest BCUT2D eigenvalue weighted by Crippen LogP contribution is -2.30. The van der Waals surface area contributed by atoms with E-state index in [0.29, 0.717) is 12.6 Å². The van der Waals surface area contributed by atoms with Crippen molar-refractivity contribution in [2.24, 2.45) is 0 Å². The summed E-state index contributed by atoms with van der Waals surface area (Å²) in [4.78, 5) is 7.68. The number of benzene rings is 2. The molecule has 0 aliphatic carbocycles. The number of imidazole rings is 1. The van der Waals surface area contributed by atoms with Gasteiger partial charge in [0.1, 0.15) is 11.6 Å². The zero-order chi connectivity index (χ0) is 20.9. The lowest BCUT2D eigenvalue weighted by molar-refractivity contribution is 0.206. The second-order valence-electron chi connectivity index (χ2n) is 8.76. The fourth-order valence-corrected chi connectivity index (χ4v) is 4.72. The molecule has 0 amide bonds. The van der Waals surface area contributed by atoms with E-state index in [1.165, 1.54) is 61.2 Å². The highest BCUT2D eigenvalue weighted by Gasteiger charge is 2.23. The van der Waals surface area contributed by atoms with Crippen molar-refractivity contribution in [3.05, 3.63) is 59.4 Å². The first kappa shape index (κ1) is 20.9. The fourth-order valence-electron chi connectivity index (χ4n) is 4.72. The maximum Gasteiger partial charge on any atom is 0.127 e. The second-order valence-corrected chi connectivity index (χ2v) is 8.76. The van der Waals surface area contributed by atoms with Crippen LogP contribution in [0, 0.1) is 13.8 Å². The van der Waals surface area contributed by atoms with Gasteiger partial charge in [-0.3, -0.25) is 4.90 Å². The van der Waals surface area contributed by atoms with Gasteiger partial charge in [-0.2, -0.15) is 0 Å². The van der Waals surface area contributed by atoms with Gasteiger partial charge in [0.15, 0.2) is 0 Å². The first-order chi connectivity index (χ1) is 14.6. The van der Waals surface area contributed by atoms with Crippen molar-refractivity contribution >= 4 is 11.0 Å². The SMILES string of the molecule is Cc1cc(C)cc(OCCCn2c(C(C)N3CCCCCC3)nc3ccccc32)c1. The molecule has 2 heterocycles. The van der Waals surface area contributed by atoms with Crippen molar-refractivity contribution in [2.75, 3.05) is 19.7 Å². The molecule has 0 radical (unpaired) electrons.